The SMILES string of the molecule is Oc1csc2c1CCNCC2c1ccccc1. The van der Waals surface area contributed by atoms with Crippen LogP contribution in [0, 0.1) is 0 Å². The van der Waals surface area contributed by atoms with Crippen LogP contribution in [0.1, 0.15) is 21.9 Å². The molecule has 2 aromatic rings. The molecule has 1 aromatic heterocycles. The van der Waals surface area contributed by atoms with E-state index in [1.165, 1.54) is 10.4 Å². The van der Waals surface area contributed by atoms with E-state index in [1.54, 1.807) is 11.3 Å². The maximum Gasteiger partial charge on any atom is 0.129 e. The lowest BCUT2D eigenvalue weighted by molar-refractivity contribution is 0.470. The topological polar surface area (TPSA) is 32.3 Å². The summed E-state index contributed by atoms with van der Waals surface area (Å²) in [7, 11) is 0. The number of thiophene rings is 1. The van der Waals surface area contributed by atoms with Gasteiger partial charge in [-0.2, -0.15) is 0 Å². The summed E-state index contributed by atoms with van der Waals surface area (Å²) >= 11 is 1.68. The number of hydrogen-bond donors (Lipinski definition) is 2. The molecule has 2 heterocycles. The van der Waals surface area contributed by atoms with Gasteiger partial charge in [0.1, 0.15) is 5.75 Å². The van der Waals surface area contributed by atoms with Crippen molar-refractivity contribution in [1.82, 2.24) is 5.32 Å². The number of benzene rings is 1. The summed E-state index contributed by atoms with van der Waals surface area (Å²) in [6.07, 6.45) is 0.925. The molecule has 0 saturated heterocycles. The molecular formula is C14H15NOS. The van der Waals surface area contributed by atoms with Crippen LogP contribution >= 0.6 is 11.3 Å². The summed E-state index contributed by atoms with van der Waals surface area (Å²) in [6.45, 7) is 1.90. The molecular weight excluding hydrogens is 230 g/mol. The predicted molar refractivity (Wildman–Crippen MR) is 70.8 cm³/mol. The van der Waals surface area contributed by atoms with Gasteiger partial charge in [0.2, 0.25) is 0 Å². The van der Waals surface area contributed by atoms with Crippen molar-refractivity contribution in [2.75, 3.05) is 13.1 Å². The summed E-state index contributed by atoms with van der Waals surface area (Å²) in [5, 5.41) is 15.2. The molecule has 17 heavy (non-hydrogen) atoms. The fraction of sp³-hybridized carbons (Fsp3) is 0.286. The first-order valence-corrected chi connectivity index (χ1v) is 6.79. The standard InChI is InChI=1S/C14H15NOS/c16-13-9-17-14-11(13)6-7-15-8-12(14)10-4-2-1-3-5-10/h1-5,9,12,15-16H,6-8H2. The third-order valence-electron chi connectivity index (χ3n) is 3.32. The van der Waals surface area contributed by atoms with E-state index in [2.05, 4.69) is 29.6 Å². The van der Waals surface area contributed by atoms with E-state index in [-0.39, 0.29) is 0 Å². The van der Waals surface area contributed by atoms with Crippen molar-refractivity contribution < 1.29 is 5.11 Å². The van der Waals surface area contributed by atoms with E-state index in [9.17, 15) is 5.11 Å². The number of fused-ring (bicyclic) bond motifs is 1. The first-order chi connectivity index (χ1) is 8.36. The second-order valence-corrected chi connectivity index (χ2v) is 5.29. The molecule has 0 aliphatic carbocycles. The number of rotatable bonds is 1. The Labute approximate surface area is 105 Å². The molecule has 1 aliphatic heterocycles. The molecule has 0 saturated carbocycles. The highest BCUT2D eigenvalue weighted by Gasteiger charge is 2.23. The lowest BCUT2D eigenvalue weighted by Gasteiger charge is -2.15. The van der Waals surface area contributed by atoms with Gasteiger partial charge in [0.25, 0.3) is 0 Å². The monoisotopic (exact) mass is 245 g/mol. The van der Waals surface area contributed by atoms with E-state index in [0.29, 0.717) is 11.7 Å². The highest BCUT2D eigenvalue weighted by atomic mass is 32.1. The number of nitrogens with one attached hydrogen (secondary N) is 1. The van der Waals surface area contributed by atoms with Crippen LogP contribution in [0.5, 0.6) is 5.75 Å². The van der Waals surface area contributed by atoms with E-state index >= 15 is 0 Å². The van der Waals surface area contributed by atoms with Gasteiger partial charge in [-0.3, -0.25) is 0 Å². The van der Waals surface area contributed by atoms with Crippen LogP contribution in [0.2, 0.25) is 0 Å². The van der Waals surface area contributed by atoms with E-state index in [1.807, 2.05) is 11.4 Å². The number of hydrogen-bond acceptors (Lipinski definition) is 3. The van der Waals surface area contributed by atoms with Crippen LogP contribution in [0.4, 0.5) is 0 Å². The Morgan fingerprint density at radius 1 is 1.24 bits per heavy atom. The molecule has 3 rings (SSSR count). The van der Waals surface area contributed by atoms with Gasteiger partial charge >= 0.3 is 0 Å². The molecule has 3 heteroatoms. The van der Waals surface area contributed by atoms with Crippen LogP contribution in [-0.4, -0.2) is 18.2 Å². The Morgan fingerprint density at radius 2 is 2.06 bits per heavy atom. The molecule has 1 unspecified atom stereocenters. The van der Waals surface area contributed by atoms with Crippen LogP contribution < -0.4 is 5.32 Å². The van der Waals surface area contributed by atoms with Crippen LogP contribution in [-0.2, 0) is 6.42 Å². The van der Waals surface area contributed by atoms with Gasteiger partial charge in [-0.25, -0.2) is 0 Å². The molecule has 2 N–H and O–H groups in total. The van der Waals surface area contributed by atoms with Crippen molar-refractivity contribution in [2.45, 2.75) is 12.3 Å². The minimum atomic E-state index is 0.375. The van der Waals surface area contributed by atoms with Crippen molar-refractivity contribution in [3.8, 4) is 5.75 Å². The Bertz CT molecular complexity index is 506. The van der Waals surface area contributed by atoms with Crippen LogP contribution in [0.25, 0.3) is 0 Å². The zero-order chi connectivity index (χ0) is 11.7. The van der Waals surface area contributed by atoms with Crippen LogP contribution in [0.3, 0.4) is 0 Å². The Kier molecular flexibility index (Phi) is 2.87. The zero-order valence-corrected chi connectivity index (χ0v) is 10.3. The van der Waals surface area contributed by atoms with Crippen molar-refractivity contribution in [2.24, 2.45) is 0 Å². The Hall–Kier alpha value is -1.32. The molecule has 0 fully saturated rings. The Balaban J connectivity index is 2.06. The van der Waals surface area contributed by atoms with Crippen molar-refractivity contribution in [1.29, 1.82) is 0 Å². The molecule has 1 atom stereocenters. The second-order valence-electron chi connectivity index (χ2n) is 4.38. The van der Waals surface area contributed by atoms with Crippen LogP contribution in [0.15, 0.2) is 35.7 Å². The quantitative estimate of drug-likeness (QED) is 0.809. The van der Waals surface area contributed by atoms with Crippen molar-refractivity contribution >= 4 is 11.3 Å². The molecule has 0 spiro atoms. The fourth-order valence-corrected chi connectivity index (χ4v) is 3.55. The first kappa shape index (κ1) is 10.8. The summed E-state index contributed by atoms with van der Waals surface area (Å²) < 4.78 is 0. The normalized spacial score (nSPS) is 19.6. The van der Waals surface area contributed by atoms with Crippen molar-refractivity contribution in [3.63, 3.8) is 0 Å². The third-order valence-corrected chi connectivity index (χ3v) is 4.45. The van der Waals surface area contributed by atoms with Gasteiger partial charge in [0.05, 0.1) is 0 Å². The molecule has 88 valence electrons. The fourth-order valence-electron chi connectivity index (χ4n) is 2.44. The second kappa shape index (κ2) is 4.51. The van der Waals surface area contributed by atoms with Gasteiger partial charge in [-0.15, -0.1) is 11.3 Å². The molecule has 1 aromatic carbocycles. The zero-order valence-electron chi connectivity index (χ0n) is 9.52. The molecule has 0 radical (unpaired) electrons. The summed E-state index contributed by atoms with van der Waals surface area (Å²) in [4.78, 5) is 1.32. The van der Waals surface area contributed by atoms with Gasteiger partial charge < -0.3 is 10.4 Å². The first-order valence-electron chi connectivity index (χ1n) is 5.91. The predicted octanol–water partition coefficient (Wildman–Crippen LogP) is 2.73. The number of aromatic hydroxyl groups is 1. The van der Waals surface area contributed by atoms with Gasteiger partial charge in [0, 0.05) is 28.3 Å². The molecule has 1 aliphatic rings. The van der Waals surface area contributed by atoms with Gasteiger partial charge in [-0.05, 0) is 18.5 Å². The van der Waals surface area contributed by atoms with Gasteiger partial charge in [-0.1, -0.05) is 30.3 Å². The Morgan fingerprint density at radius 3 is 2.88 bits per heavy atom. The minimum absolute atomic E-state index is 0.375. The highest BCUT2D eigenvalue weighted by Crippen LogP contribution is 2.38. The summed E-state index contributed by atoms with van der Waals surface area (Å²) in [5.74, 6) is 0.842. The lowest BCUT2D eigenvalue weighted by Crippen LogP contribution is -2.20. The highest BCUT2D eigenvalue weighted by molar-refractivity contribution is 7.10. The average Bonchev–Trinajstić information content (AvgIpc) is 2.62. The molecule has 2 nitrogen and oxygen atoms in total. The smallest absolute Gasteiger partial charge is 0.129 e. The average molecular weight is 245 g/mol. The van der Waals surface area contributed by atoms with Gasteiger partial charge in [0.15, 0.2) is 0 Å². The third kappa shape index (κ3) is 1.96. The maximum atomic E-state index is 9.87. The summed E-state index contributed by atoms with van der Waals surface area (Å²) in [5.41, 5.74) is 2.46. The maximum absolute atomic E-state index is 9.87. The van der Waals surface area contributed by atoms with E-state index < -0.39 is 0 Å². The van der Waals surface area contributed by atoms with E-state index in [0.717, 1.165) is 25.1 Å². The van der Waals surface area contributed by atoms with Crippen molar-refractivity contribution in [3.05, 3.63) is 51.7 Å². The van der Waals surface area contributed by atoms with E-state index in [4.69, 9.17) is 0 Å². The molecule has 0 bridgehead atoms. The minimum Gasteiger partial charge on any atom is -0.507 e. The summed E-state index contributed by atoms with van der Waals surface area (Å²) in [6, 6.07) is 10.5. The lowest BCUT2D eigenvalue weighted by atomic mass is 9.95. The largest absolute Gasteiger partial charge is 0.507 e. The molecule has 0 amide bonds.